The number of rotatable bonds is 5. The summed E-state index contributed by atoms with van der Waals surface area (Å²) in [7, 11) is 0. The normalized spacial score (nSPS) is 10.2. The Morgan fingerprint density at radius 3 is 2.33 bits per heavy atom. The van der Waals surface area contributed by atoms with Gasteiger partial charge in [-0.2, -0.15) is 0 Å². The fourth-order valence-electron chi connectivity index (χ4n) is 0.388. The quantitative estimate of drug-likeness (QED) is 0.298. The summed E-state index contributed by atoms with van der Waals surface area (Å²) in [5.41, 5.74) is 5.19. The zero-order valence-electron chi connectivity index (χ0n) is 8.46. The van der Waals surface area contributed by atoms with Crippen molar-refractivity contribution in [2.75, 3.05) is 19.8 Å². The van der Waals surface area contributed by atoms with E-state index in [9.17, 15) is 0 Å². The first-order chi connectivity index (χ1) is 5.77. The van der Waals surface area contributed by atoms with Crippen LogP contribution in [0.4, 0.5) is 0 Å². The molecular formula is C8H20N2O2. The maximum absolute atomic E-state index is 5.19. The Bertz CT molecular complexity index is 101. The summed E-state index contributed by atoms with van der Waals surface area (Å²) in [5.74, 6) is 0.427. The molecule has 0 spiro atoms. The van der Waals surface area contributed by atoms with Crippen molar-refractivity contribution in [3.8, 4) is 0 Å². The molecule has 0 aliphatic rings. The highest BCUT2D eigenvalue weighted by Crippen LogP contribution is 1.78. The summed E-state index contributed by atoms with van der Waals surface area (Å²) in [6, 6.07) is 0. The van der Waals surface area contributed by atoms with Gasteiger partial charge in [0.15, 0.2) is 0 Å². The average Bonchev–Trinajstić information content (AvgIpc) is 2.07. The molecule has 4 heteroatoms. The predicted octanol–water partition coefficient (Wildman–Crippen LogP) is 1.36. The van der Waals surface area contributed by atoms with Gasteiger partial charge in [-0.1, -0.05) is 19.0 Å². The highest BCUT2D eigenvalue weighted by atomic mass is 16.6. The number of hydrogen-bond donors (Lipinski definition) is 1. The molecule has 0 fully saturated rings. The second-order valence-electron chi connectivity index (χ2n) is 1.76. The fraction of sp³-hybridized carbons (Fsp3) is 0.875. The summed E-state index contributed by atoms with van der Waals surface area (Å²) >= 11 is 0. The molecule has 0 saturated carbocycles. The smallest absolute Gasteiger partial charge is 0.140 e. The molecule has 0 radical (unpaired) electrons. The molecule has 0 atom stereocenters. The van der Waals surface area contributed by atoms with E-state index < -0.39 is 0 Å². The number of nitrogens with two attached hydrogens (primary N) is 1. The first kappa shape index (κ1) is 13.8. The highest BCUT2D eigenvalue weighted by molar-refractivity contribution is 5.76. The molecule has 0 aliphatic carbocycles. The molecular weight excluding hydrogens is 156 g/mol. The van der Waals surface area contributed by atoms with Crippen molar-refractivity contribution in [2.24, 2.45) is 10.9 Å². The topological polar surface area (TPSA) is 56.8 Å². The lowest BCUT2D eigenvalue weighted by Gasteiger charge is -1.98. The highest BCUT2D eigenvalue weighted by Gasteiger charge is 1.84. The SMILES string of the molecule is CC.CCOCCO/N=C(/C)N. The molecule has 0 bridgehead atoms. The van der Waals surface area contributed by atoms with Gasteiger partial charge in [-0.3, -0.25) is 0 Å². The Morgan fingerprint density at radius 1 is 1.33 bits per heavy atom. The summed E-state index contributed by atoms with van der Waals surface area (Å²) in [6.07, 6.45) is 0. The molecule has 12 heavy (non-hydrogen) atoms. The summed E-state index contributed by atoms with van der Waals surface area (Å²) in [6.45, 7) is 9.32. The molecule has 0 aliphatic heterocycles. The van der Waals surface area contributed by atoms with Crippen molar-refractivity contribution in [3.05, 3.63) is 0 Å². The van der Waals surface area contributed by atoms with Crippen molar-refractivity contribution in [2.45, 2.75) is 27.7 Å². The summed E-state index contributed by atoms with van der Waals surface area (Å²) < 4.78 is 4.98. The van der Waals surface area contributed by atoms with Gasteiger partial charge < -0.3 is 15.3 Å². The largest absolute Gasteiger partial charge is 0.392 e. The van der Waals surface area contributed by atoms with Crippen molar-refractivity contribution in [3.63, 3.8) is 0 Å². The lowest BCUT2D eigenvalue weighted by atomic mass is 10.7. The molecule has 0 aromatic heterocycles. The maximum atomic E-state index is 5.19. The Balaban J connectivity index is 0. The minimum Gasteiger partial charge on any atom is -0.392 e. The van der Waals surface area contributed by atoms with Crippen LogP contribution >= 0.6 is 0 Å². The molecule has 4 nitrogen and oxygen atoms in total. The molecule has 0 amide bonds. The second-order valence-corrected chi connectivity index (χ2v) is 1.76. The van der Waals surface area contributed by atoms with Crippen LogP contribution in [0.5, 0.6) is 0 Å². The van der Waals surface area contributed by atoms with Crippen LogP contribution in [0.2, 0.25) is 0 Å². The van der Waals surface area contributed by atoms with Gasteiger partial charge in [-0.05, 0) is 13.8 Å². The van der Waals surface area contributed by atoms with E-state index in [0.717, 1.165) is 0 Å². The number of amidine groups is 1. The standard InChI is InChI=1S/C6H14N2O2.C2H6/c1-3-9-4-5-10-8-6(2)7;1-2/h3-5H2,1-2H3,(H2,7,8);1-2H3. The lowest BCUT2D eigenvalue weighted by Crippen LogP contribution is -2.08. The number of ether oxygens (including phenoxy) is 1. The fourth-order valence-corrected chi connectivity index (χ4v) is 0.388. The molecule has 0 saturated heterocycles. The van der Waals surface area contributed by atoms with Gasteiger partial charge in [-0.15, -0.1) is 0 Å². The van der Waals surface area contributed by atoms with E-state index in [1.807, 2.05) is 20.8 Å². The van der Waals surface area contributed by atoms with Crippen molar-refractivity contribution in [1.29, 1.82) is 0 Å². The van der Waals surface area contributed by atoms with Crippen molar-refractivity contribution >= 4 is 5.84 Å². The summed E-state index contributed by atoms with van der Waals surface area (Å²) in [4.78, 5) is 4.74. The van der Waals surface area contributed by atoms with Crippen LogP contribution in [0.15, 0.2) is 5.16 Å². The monoisotopic (exact) mass is 176 g/mol. The van der Waals surface area contributed by atoms with E-state index in [1.54, 1.807) is 6.92 Å². The van der Waals surface area contributed by atoms with E-state index in [4.69, 9.17) is 15.3 Å². The third-order valence-electron chi connectivity index (χ3n) is 0.732. The van der Waals surface area contributed by atoms with Gasteiger partial charge in [-0.25, -0.2) is 0 Å². The Kier molecular flexibility index (Phi) is 14.8. The van der Waals surface area contributed by atoms with Gasteiger partial charge in [0.25, 0.3) is 0 Å². The van der Waals surface area contributed by atoms with Crippen LogP contribution in [-0.2, 0) is 9.57 Å². The molecule has 0 aromatic rings. The zero-order chi connectivity index (χ0) is 9.82. The Hall–Kier alpha value is -0.770. The van der Waals surface area contributed by atoms with E-state index in [1.165, 1.54) is 0 Å². The van der Waals surface area contributed by atoms with E-state index in [0.29, 0.717) is 25.7 Å². The van der Waals surface area contributed by atoms with Crippen LogP contribution in [0.25, 0.3) is 0 Å². The maximum Gasteiger partial charge on any atom is 0.140 e. The van der Waals surface area contributed by atoms with Crippen LogP contribution in [-0.4, -0.2) is 25.7 Å². The second kappa shape index (κ2) is 12.9. The third kappa shape index (κ3) is 16.1. The molecule has 0 rings (SSSR count). The number of nitrogens with zero attached hydrogens (tertiary/aromatic N) is 1. The van der Waals surface area contributed by atoms with Crippen LogP contribution < -0.4 is 5.73 Å². The van der Waals surface area contributed by atoms with Gasteiger partial charge in [0.1, 0.15) is 12.4 Å². The van der Waals surface area contributed by atoms with Crippen LogP contribution in [0.3, 0.4) is 0 Å². The van der Waals surface area contributed by atoms with Gasteiger partial charge >= 0.3 is 0 Å². The molecule has 0 heterocycles. The van der Waals surface area contributed by atoms with Gasteiger partial charge in [0, 0.05) is 6.61 Å². The van der Waals surface area contributed by atoms with Crippen molar-refractivity contribution in [1.82, 2.24) is 0 Å². The molecule has 0 unspecified atom stereocenters. The average molecular weight is 176 g/mol. The minimum absolute atomic E-state index is 0.427. The molecule has 0 aromatic carbocycles. The van der Waals surface area contributed by atoms with E-state index >= 15 is 0 Å². The minimum atomic E-state index is 0.427. The van der Waals surface area contributed by atoms with Crippen LogP contribution in [0, 0.1) is 0 Å². The molecule has 74 valence electrons. The zero-order valence-corrected chi connectivity index (χ0v) is 8.46. The Labute approximate surface area is 74.7 Å². The van der Waals surface area contributed by atoms with Crippen molar-refractivity contribution < 1.29 is 9.57 Å². The third-order valence-corrected chi connectivity index (χ3v) is 0.732. The number of hydrogen-bond acceptors (Lipinski definition) is 3. The first-order valence-electron chi connectivity index (χ1n) is 4.27. The van der Waals surface area contributed by atoms with E-state index in [-0.39, 0.29) is 0 Å². The first-order valence-corrected chi connectivity index (χ1v) is 4.27. The Morgan fingerprint density at radius 2 is 1.92 bits per heavy atom. The van der Waals surface area contributed by atoms with Gasteiger partial charge in [0.2, 0.25) is 0 Å². The lowest BCUT2D eigenvalue weighted by molar-refractivity contribution is 0.0559. The van der Waals surface area contributed by atoms with Gasteiger partial charge in [0.05, 0.1) is 6.61 Å². The number of oxime groups is 1. The van der Waals surface area contributed by atoms with E-state index in [2.05, 4.69) is 5.16 Å². The van der Waals surface area contributed by atoms with Crippen LogP contribution in [0.1, 0.15) is 27.7 Å². The molecule has 2 N–H and O–H groups in total. The predicted molar refractivity (Wildman–Crippen MR) is 51.1 cm³/mol. The summed E-state index contributed by atoms with van der Waals surface area (Å²) in [5, 5.41) is 3.51.